The van der Waals surface area contributed by atoms with E-state index >= 15 is 0 Å². The molecule has 1 heteroatoms. The highest BCUT2D eigenvalue weighted by Gasteiger charge is 2.19. The van der Waals surface area contributed by atoms with Crippen molar-refractivity contribution >= 4 is 0 Å². The first-order valence-electron chi connectivity index (χ1n) is 5.96. The molecular weight excluding hydrogens is 160 g/mol. The van der Waals surface area contributed by atoms with E-state index < -0.39 is 0 Å². The van der Waals surface area contributed by atoms with E-state index in [0.717, 1.165) is 12.5 Å². The number of rotatable bonds is 5. The van der Waals surface area contributed by atoms with Crippen molar-refractivity contribution in [1.82, 2.24) is 0 Å². The average molecular weight is 184 g/mol. The van der Waals surface area contributed by atoms with Gasteiger partial charge in [0.05, 0.1) is 6.10 Å². The van der Waals surface area contributed by atoms with Crippen LogP contribution in [0.15, 0.2) is 0 Å². The van der Waals surface area contributed by atoms with Gasteiger partial charge in [-0.15, -0.1) is 0 Å². The minimum absolute atomic E-state index is 0.506. The van der Waals surface area contributed by atoms with Crippen molar-refractivity contribution in [3.05, 3.63) is 0 Å². The van der Waals surface area contributed by atoms with Crippen molar-refractivity contribution in [3.63, 3.8) is 0 Å². The van der Waals surface area contributed by atoms with E-state index in [4.69, 9.17) is 4.74 Å². The van der Waals surface area contributed by atoms with E-state index in [1.807, 2.05) is 0 Å². The molecule has 0 aromatic carbocycles. The summed E-state index contributed by atoms with van der Waals surface area (Å²) in [5.41, 5.74) is 0. The minimum atomic E-state index is 0.506. The summed E-state index contributed by atoms with van der Waals surface area (Å²) in [6, 6.07) is 0. The molecule has 0 aromatic heterocycles. The highest BCUT2D eigenvalue weighted by Crippen LogP contribution is 2.27. The van der Waals surface area contributed by atoms with Gasteiger partial charge in [-0.3, -0.25) is 0 Å². The molecule has 1 nitrogen and oxygen atoms in total. The van der Waals surface area contributed by atoms with Crippen molar-refractivity contribution in [2.75, 3.05) is 6.61 Å². The molecule has 0 N–H and O–H groups in total. The lowest BCUT2D eigenvalue weighted by molar-refractivity contribution is 0.0116. The average Bonchev–Trinajstić information content (AvgIpc) is 2.19. The van der Waals surface area contributed by atoms with E-state index in [2.05, 4.69) is 13.8 Å². The molecule has 78 valence electrons. The van der Waals surface area contributed by atoms with Crippen LogP contribution in [0, 0.1) is 5.92 Å². The summed E-state index contributed by atoms with van der Waals surface area (Å²) < 4.78 is 5.82. The molecule has 1 unspecified atom stereocenters. The SMILES string of the molecule is CCCCOC(C)C1CCCCC1. The van der Waals surface area contributed by atoms with Gasteiger partial charge in [-0.05, 0) is 32.1 Å². The third kappa shape index (κ3) is 4.12. The smallest absolute Gasteiger partial charge is 0.0575 e. The first-order chi connectivity index (χ1) is 6.34. The molecule has 13 heavy (non-hydrogen) atoms. The number of hydrogen-bond donors (Lipinski definition) is 0. The van der Waals surface area contributed by atoms with Crippen LogP contribution in [0.4, 0.5) is 0 Å². The van der Waals surface area contributed by atoms with Crippen LogP contribution in [-0.4, -0.2) is 12.7 Å². The summed E-state index contributed by atoms with van der Waals surface area (Å²) in [4.78, 5) is 0. The summed E-state index contributed by atoms with van der Waals surface area (Å²) in [6.07, 6.45) is 10.1. The maximum atomic E-state index is 5.82. The molecule has 0 radical (unpaired) electrons. The quantitative estimate of drug-likeness (QED) is 0.591. The van der Waals surface area contributed by atoms with Gasteiger partial charge in [0, 0.05) is 6.61 Å². The van der Waals surface area contributed by atoms with Crippen molar-refractivity contribution in [3.8, 4) is 0 Å². The zero-order chi connectivity index (χ0) is 9.52. The fourth-order valence-corrected chi connectivity index (χ4v) is 2.15. The molecule has 0 amide bonds. The van der Waals surface area contributed by atoms with Gasteiger partial charge in [-0.2, -0.15) is 0 Å². The summed E-state index contributed by atoms with van der Waals surface area (Å²) in [5, 5.41) is 0. The molecule has 1 saturated carbocycles. The maximum absolute atomic E-state index is 5.82. The van der Waals surface area contributed by atoms with Gasteiger partial charge in [0.2, 0.25) is 0 Å². The predicted octanol–water partition coefficient (Wildman–Crippen LogP) is 3.77. The molecule has 1 rings (SSSR count). The van der Waals surface area contributed by atoms with Crippen molar-refractivity contribution in [2.45, 2.75) is 64.9 Å². The maximum Gasteiger partial charge on any atom is 0.0575 e. The van der Waals surface area contributed by atoms with Crippen molar-refractivity contribution in [1.29, 1.82) is 0 Å². The predicted molar refractivity (Wildman–Crippen MR) is 56.9 cm³/mol. The lowest BCUT2D eigenvalue weighted by atomic mass is 9.86. The van der Waals surface area contributed by atoms with E-state index in [9.17, 15) is 0 Å². The van der Waals surface area contributed by atoms with Gasteiger partial charge in [0.15, 0.2) is 0 Å². The second-order valence-electron chi connectivity index (χ2n) is 4.33. The molecule has 1 aliphatic rings. The van der Waals surface area contributed by atoms with E-state index in [1.54, 1.807) is 0 Å². The van der Waals surface area contributed by atoms with Crippen LogP contribution >= 0.6 is 0 Å². The Labute approximate surface area is 82.9 Å². The Morgan fingerprint density at radius 2 is 1.92 bits per heavy atom. The normalized spacial score (nSPS) is 21.7. The topological polar surface area (TPSA) is 9.23 Å². The van der Waals surface area contributed by atoms with Crippen LogP contribution in [0.5, 0.6) is 0 Å². The molecule has 0 aliphatic heterocycles. The molecule has 0 spiro atoms. The van der Waals surface area contributed by atoms with Crippen LogP contribution in [0.3, 0.4) is 0 Å². The second-order valence-corrected chi connectivity index (χ2v) is 4.33. The van der Waals surface area contributed by atoms with Crippen LogP contribution in [-0.2, 0) is 4.74 Å². The third-order valence-electron chi connectivity index (χ3n) is 3.19. The van der Waals surface area contributed by atoms with Gasteiger partial charge in [-0.25, -0.2) is 0 Å². The summed E-state index contributed by atoms with van der Waals surface area (Å²) in [7, 11) is 0. The number of hydrogen-bond acceptors (Lipinski definition) is 1. The number of unbranched alkanes of at least 4 members (excludes halogenated alkanes) is 1. The Hall–Kier alpha value is -0.0400. The Morgan fingerprint density at radius 1 is 1.23 bits per heavy atom. The van der Waals surface area contributed by atoms with Crippen LogP contribution in [0.2, 0.25) is 0 Å². The molecular formula is C12H24O. The fourth-order valence-electron chi connectivity index (χ4n) is 2.15. The lowest BCUT2D eigenvalue weighted by Crippen LogP contribution is -2.23. The zero-order valence-electron chi connectivity index (χ0n) is 9.22. The van der Waals surface area contributed by atoms with Crippen molar-refractivity contribution < 1.29 is 4.74 Å². The van der Waals surface area contributed by atoms with E-state index in [0.29, 0.717) is 6.10 Å². The standard InChI is InChI=1S/C12H24O/c1-3-4-10-13-11(2)12-8-6-5-7-9-12/h11-12H,3-10H2,1-2H3. The Morgan fingerprint density at radius 3 is 2.54 bits per heavy atom. The molecule has 0 heterocycles. The fraction of sp³-hybridized carbons (Fsp3) is 1.00. The van der Waals surface area contributed by atoms with Gasteiger partial charge in [-0.1, -0.05) is 32.6 Å². The second kappa shape index (κ2) is 6.42. The van der Waals surface area contributed by atoms with Gasteiger partial charge in [0.1, 0.15) is 0 Å². The number of ether oxygens (including phenoxy) is 1. The van der Waals surface area contributed by atoms with Crippen molar-refractivity contribution in [2.24, 2.45) is 5.92 Å². The Bertz CT molecular complexity index is 116. The minimum Gasteiger partial charge on any atom is -0.378 e. The monoisotopic (exact) mass is 184 g/mol. The summed E-state index contributed by atoms with van der Waals surface area (Å²) in [6.45, 7) is 5.44. The summed E-state index contributed by atoms with van der Waals surface area (Å²) in [5.74, 6) is 0.852. The van der Waals surface area contributed by atoms with Gasteiger partial charge < -0.3 is 4.74 Å². The Kier molecular flexibility index (Phi) is 5.45. The first-order valence-corrected chi connectivity index (χ1v) is 5.96. The molecule has 1 aliphatic carbocycles. The van der Waals surface area contributed by atoms with Gasteiger partial charge >= 0.3 is 0 Å². The molecule has 0 saturated heterocycles. The molecule has 1 fully saturated rings. The lowest BCUT2D eigenvalue weighted by Gasteiger charge is -2.27. The Balaban J connectivity index is 2.09. The highest BCUT2D eigenvalue weighted by molar-refractivity contribution is 4.71. The van der Waals surface area contributed by atoms with E-state index in [-0.39, 0.29) is 0 Å². The highest BCUT2D eigenvalue weighted by atomic mass is 16.5. The van der Waals surface area contributed by atoms with Crippen LogP contribution < -0.4 is 0 Å². The van der Waals surface area contributed by atoms with Crippen LogP contribution in [0.25, 0.3) is 0 Å². The molecule has 0 aromatic rings. The molecule has 1 atom stereocenters. The van der Waals surface area contributed by atoms with Crippen LogP contribution in [0.1, 0.15) is 58.8 Å². The van der Waals surface area contributed by atoms with Gasteiger partial charge in [0.25, 0.3) is 0 Å². The summed E-state index contributed by atoms with van der Waals surface area (Å²) >= 11 is 0. The molecule has 0 bridgehead atoms. The first kappa shape index (κ1) is 11.0. The van der Waals surface area contributed by atoms with E-state index in [1.165, 1.54) is 44.9 Å². The zero-order valence-corrected chi connectivity index (χ0v) is 9.22. The largest absolute Gasteiger partial charge is 0.378 e. The third-order valence-corrected chi connectivity index (χ3v) is 3.19.